The third kappa shape index (κ3) is 3.04. The summed E-state index contributed by atoms with van der Waals surface area (Å²) >= 11 is 5.84. The molecular formula is C13H12ClNO2. The third-order valence-electron chi connectivity index (χ3n) is 2.37. The molecule has 2 aromatic carbocycles. The normalized spacial score (nSPS) is 10.2. The van der Waals surface area contributed by atoms with Crippen LogP contribution in [0.3, 0.4) is 0 Å². The van der Waals surface area contributed by atoms with Crippen LogP contribution in [0.1, 0.15) is 5.56 Å². The lowest BCUT2D eigenvalue weighted by atomic mass is 10.2. The Labute approximate surface area is 104 Å². The van der Waals surface area contributed by atoms with Crippen LogP contribution in [0.2, 0.25) is 5.02 Å². The Bertz CT molecular complexity index is 529. The minimum atomic E-state index is 0.196. The molecule has 0 bridgehead atoms. The van der Waals surface area contributed by atoms with E-state index in [9.17, 15) is 10.2 Å². The van der Waals surface area contributed by atoms with Crippen LogP contribution in [0.25, 0.3) is 0 Å². The first-order valence-corrected chi connectivity index (χ1v) is 5.53. The lowest BCUT2D eigenvalue weighted by Crippen LogP contribution is -1.99. The highest BCUT2D eigenvalue weighted by atomic mass is 35.5. The summed E-state index contributed by atoms with van der Waals surface area (Å²) in [5, 5.41) is 22.6. The Morgan fingerprint density at radius 1 is 1.06 bits per heavy atom. The van der Waals surface area contributed by atoms with Gasteiger partial charge in [-0.1, -0.05) is 17.7 Å². The molecule has 17 heavy (non-hydrogen) atoms. The number of aromatic hydroxyl groups is 2. The van der Waals surface area contributed by atoms with Gasteiger partial charge in [-0.15, -0.1) is 0 Å². The summed E-state index contributed by atoms with van der Waals surface area (Å²) in [7, 11) is 0. The number of anilines is 1. The van der Waals surface area contributed by atoms with Crippen LogP contribution in [0, 0.1) is 0 Å². The summed E-state index contributed by atoms with van der Waals surface area (Å²) in [5.74, 6) is 0.396. The monoisotopic (exact) mass is 249 g/mol. The largest absolute Gasteiger partial charge is 0.508 e. The molecule has 0 aliphatic rings. The van der Waals surface area contributed by atoms with Gasteiger partial charge in [-0.25, -0.2) is 0 Å². The first-order valence-electron chi connectivity index (χ1n) is 5.15. The van der Waals surface area contributed by atoms with Crippen molar-refractivity contribution in [2.45, 2.75) is 6.54 Å². The summed E-state index contributed by atoms with van der Waals surface area (Å²) in [6.45, 7) is 0.440. The maximum Gasteiger partial charge on any atom is 0.120 e. The van der Waals surface area contributed by atoms with Crippen molar-refractivity contribution >= 4 is 17.3 Å². The van der Waals surface area contributed by atoms with Crippen molar-refractivity contribution < 1.29 is 10.2 Å². The molecule has 0 heterocycles. The minimum absolute atomic E-state index is 0.196. The maximum absolute atomic E-state index is 9.62. The molecule has 0 saturated heterocycles. The smallest absolute Gasteiger partial charge is 0.120 e. The van der Waals surface area contributed by atoms with Gasteiger partial charge in [0, 0.05) is 28.9 Å². The van der Waals surface area contributed by atoms with Gasteiger partial charge >= 0.3 is 0 Å². The third-order valence-corrected chi connectivity index (χ3v) is 2.61. The van der Waals surface area contributed by atoms with E-state index in [1.807, 2.05) is 6.07 Å². The number of hydrogen-bond acceptors (Lipinski definition) is 3. The number of phenols is 2. The van der Waals surface area contributed by atoms with Gasteiger partial charge in [0.25, 0.3) is 0 Å². The summed E-state index contributed by atoms with van der Waals surface area (Å²) in [6.07, 6.45) is 0. The molecule has 0 spiro atoms. The first-order chi connectivity index (χ1) is 8.15. The zero-order chi connectivity index (χ0) is 12.3. The molecular weight excluding hydrogens is 238 g/mol. The second-order valence-corrected chi connectivity index (χ2v) is 4.11. The average Bonchev–Trinajstić information content (AvgIpc) is 2.30. The van der Waals surface area contributed by atoms with E-state index >= 15 is 0 Å². The summed E-state index contributed by atoms with van der Waals surface area (Å²) < 4.78 is 0. The highest BCUT2D eigenvalue weighted by Crippen LogP contribution is 2.23. The van der Waals surface area contributed by atoms with E-state index in [4.69, 9.17) is 11.6 Å². The van der Waals surface area contributed by atoms with Crippen molar-refractivity contribution in [2.75, 3.05) is 5.32 Å². The predicted molar refractivity (Wildman–Crippen MR) is 68.6 cm³/mol. The van der Waals surface area contributed by atoms with Crippen LogP contribution in [0.4, 0.5) is 5.69 Å². The highest BCUT2D eigenvalue weighted by molar-refractivity contribution is 6.30. The first kappa shape index (κ1) is 11.6. The van der Waals surface area contributed by atoms with Gasteiger partial charge in [-0.2, -0.15) is 0 Å². The van der Waals surface area contributed by atoms with E-state index in [0.29, 0.717) is 17.1 Å². The van der Waals surface area contributed by atoms with E-state index < -0.39 is 0 Å². The topological polar surface area (TPSA) is 52.5 Å². The standard InChI is InChI=1S/C13H12ClNO2/c14-10-4-5-13(17)9(6-10)8-15-11-2-1-3-12(16)7-11/h1-7,15-17H,8H2. The summed E-state index contributed by atoms with van der Waals surface area (Å²) in [6, 6.07) is 11.7. The average molecular weight is 250 g/mol. The lowest BCUT2D eigenvalue weighted by molar-refractivity contribution is 0.469. The van der Waals surface area contributed by atoms with Gasteiger partial charge in [0.15, 0.2) is 0 Å². The quantitative estimate of drug-likeness (QED) is 0.782. The van der Waals surface area contributed by atoms with E-state index in [1.165, 1.54) is 0 Å². The van der Waals surface area contributed by atoms with E-state index in [1.54, 1.807) is 36.4 Å². The molecule has 0 unspecified atom stereocenters. The Kier molecular flexibility index (Phi) is 3.40. The van der Waals surface area contributed by atoms with Gasteiger partial charge in [0.05, 0.1) is 0 Å². The molecule has 0 aliphatic heterocycles. The summed E-state index contributed by atoms with van der Waals surface area (Å²) in [4.78, 5) is 0. The van der Waals surface area contributed by atoms with E-state index in [0.717, 1.165) is 5.69 Å². The second kappa shape index (κ2) is 4.97. The Balaban J connectivity index is 2.09. The molecule has 0 aromatic heterocycles. The fourth-order valence-corrected chi connectivity index (χ4v) is 1.70. The summed E-state index contributed by atoms with van der Waals surface area (Å²) in [5.41, 5.74) is 1.49. The van der Waals surface area contributed by atoms with Crippen LogP contribution in [0.5, 0.6) is 11.5 Å². The number of hydrogen-bond donors (Lipinski definition) is 3. The Hall–Kier alpha value is -1.87. The van der Waals surface area contributed by atoms with E-state index in [-0.39, 0.29) is 11.5 Å². The Morgan fingerprint density at radius 2 is 1.88 bits per heavy atom. The fraction of sp³-hybridized carbons (Fsp3) is 0.0769. The molecule has 3 nitrogen and oxygen atoms in total. The lowest BCUT2D eigenvalue weighted by Gasteiger charge is -2.08. The van der Waals surface area contributed by atoms with Gasteiger partial charge in [-0.05, 0) is 30.3 Å². The number of rotatable bonds is 3. The van der Waals surface area contributed by atoms with Crippen LogP contribution in [-0.2, 0) is 6.54 Å². The maximum atomic E-state index is 9.62. The van der Waals surface area contributed by atoms with Crippen molar-refractivity contribution in [2.24, 2.45) is 0 Å². The van der Waals surface area contributed by atoms with Crippen molar-refractivity contribution in [3.63, 3.8) is 0 Å². The molecule has 0 atom stereocenters. The van der Waals surface area contributed by atoms with Gasteiger partial charge in [0.1, 0.15) is 11.5 Å². The zero-order valence-corrected chi connectivity index (χ0v) is 9.78. The molecule has 2 rings (SSSR count). The van der Waals surface area contributed by atoms with Gasteiger partial charge in [-0.3, -0.25) is 0 Å². The molecule has 88 valence electrons. The fourth-order valence-electron chi connectivity index (χ4n) is 1.51. The van der Waals surface area contributed by atoms with Crippen LogP contribution >= 0.6 is 11.6 Å². The predicted octanol–water partition coefficient (Wildman–Crippen LogP) is 3.36. The molecule has 0 radical (unpaired) electrons. The van der Waals surface area contributed by atoms with Crippen LogP contribution in [0.15, 0.2) is 42.5 Å². The van der Waals surface area contributed by atoms with Crippen molar-refractivity contribution in [3.05, 3.63) is 53.1 Å². The van der Waals surface area contributed by atoms with E-state index in [2.05, 4.69) is 5.32 Å². The number of phenolic OH excluding ortho intramolecular Hbond substituents is 2. The molecule has 0 saturated carbocycles. The minimum Gasteiger partial charge on any atom is -0.508 e. The number of benzene rings is 2. The molecule has 3 N–H and O–H groups in total. The van der Waals surface area contributed by atoms with Crippen molar-refractivity contribution in [1.29, 1.82) is 0 Å². The van der Waals surface area contributed by atoms with Crippen LogP contribution in [-0.4, -0.2) is 10.2 Å². The highest BCUT2D eigenvalue weighted by Gasteiger charge is 2.02. The van der Waals surface area contributed by atoms with Gasteiger partial charge < -0.3 is 15.5 Å². The van der Waals surface area contributed by atoms with Crippen molar-refractivity contribution in [1.82, 2.24) is 0 Å². The van der Waals surface area contributed by atoms with Gasteiger partial charge in [0.2, 0.25) is 0 Å². The Morgan fingerprint density at radius 3 is 2.65 bits per heavy atom. The van der Waals surface area contributed by atoms with Crippen molar-refractivity contribution in [3.8, 4) is 11.5 Å². The molecule has 0 aliphatic carbocycles. The molecule has 0 fully saturated rings. The number of halogens is 1. The second-order valence-electron chi connectivity index (χ2n) is 3.68. The SMILES string of the molecule is Oc1cccc(NCc2cc(Cl)ccc2O)c1. The number of nitrogens with one attached hydrogen (secondary N) is 1. The molecule has 0 amide bonds. The van der Waals surface area contributed by atoms with Crippen LogP contribution < -0.4 is 5.32 Å². The molecule has 4 heteroatoms. The zero-order valence-electron chi connectivity index (χ0n) is 9.02. The molecule has 2 aromatic rings.